The number of aliphatic hydroxyl groups is 1. The Balaban J connectivity index is 1.54. The number of rotatable bonds is 5. The third kappa shape index (κ3) is 4.43. The van der Waals surface area contributed by atoms with E-state index in [-0.39, 0.29) is 5.91 Å². The molecule has 0 spiro atoms. The minimum atomic E-state index is -0.0866. The lowest BCUT2D eigenvalue weighted by Gasteiger charge is -2.31. The average molecular weight is 324 g/mol. The lowest BCUT2D eigenvalue weighted by molar-refractivity contribution is 0.102. The number of carbonyl (C=O) groups excluding carboxylic acids is 1. The van der Waals surface area contributed by atoms with E-state index in [0.29, 0.717) is 18.1 Å². The molecule has 4 heteroatoms. The molecule has 0 saturated carbocycles. The molecular formula is C20H24N2O2. The SMILES string of the molecule is O=C(Nc1ccccc1)c1ccc(CN2CCC(CO)CC2)cc1. The number of aliphatic hydroxyl groups excluding tert-OH is 1. The van der Waals surface area contributed by atoms with Gasteiger partial charge in [-0.15, -0.1) is 0 Å². The number of amides is 1. The zero-order chi connectivity index (χ0) is 16.8. The number of anilines is 1. The number of para-hydroxylation sites is 1. The number of piperidine rings is 1. The van der Waals surface area contributed by atoms with Gasteiger partial charge in [0.05, 0.1) is 0 Å². The summed E-state index contributed by atoms with van der Waals surface area (Å²) in [7, 11) is 0. The fourth-order valence-corrected chi connectivity index (χ4v) is 3.07. The van der Waals surface area contributed by atoms with E-state index >= 15 is 0 Å². The highest BCUT2D eigenvalue weighted by atomic mass is 16.3. The lowest BCUT2D eigenvalue weighted by atomic mass is 9.97. The molecule has 2 aromatic rings. The first-order valence-electron chi connectivity index (χ1n) is 8.53. The van der Waals surface area contributed by atoms with Crippen LogP contribution in [0.5, 0.6) is 0 Å². The molecule has 0 bridgehead atoms. The van der Waals surface area contributed by atoms with Gasteiger partial charge in [-0.2, -0.15) is 0 Å². The van der Waals surface area contributed by atoms with Crippen LogP contribution in [0, 0.1) is 5.92 Å². The molecule has 1 amide bonds. The molecule has 1 aliphatic heterocycles. The molecular weight excluding hydrogens is 300 g/mol. The van der Waals surface area contributed by atoms with Crippen LogP contribution in [0.1, 0.15) is 28.8 Å². The number of nitrogens with one attached hydrogen (secondary N) is 1. The van der Waals surface area contributed by atoms with Crippen LogP contribution in [-0.4, -0.2) is 35.6 Å². The molecule has 1 heterocycles. The Bertz CT molecular complexity index is 647. The van der Waals surface area contributed by atoms with Gasteiger partial charge in [-0.1, -0.05) is 30.3 Å². The average Bonchev–Trinajstić information content (AvgIpc) is 2.64. The van der Waals surface area contributed by atoms with Gasteiger partial charge >= 0.3 is 0 Å². The zero-order valence-corrected chi connectivity index (χ0v) is 13.8. The molecule has 2 aromatic carbocycles. The molecule has 24 heavy (non-hydrogen) atoms. The summed E-state index contributed by atoms with van der Waals surface area (Å²) in [5.41, 5.74) is 2.69. The van der Waals surface area contributed by atoms with Gasteiger partial charge in [0.1, 0.15) is 0 Å². The first kappa shape index (κ1) is 16.7. The summed E-state index contributed by atoms with van der Waals surface area (Å²) in [4.78, 5) is 14.6. The summed E-state index contributed by atoms with van der Waals surface area (Å²) in [5.74, 6) is 0.377. The minimum Gasteiger partial charge on any atom is -0.396 e. The Morgan fingerprint density at radius 2 is 1.71 bits per heavy atom. The van der Waals surface area contributed by atoms with E-state index in [2.05, 4.69) is 10.2 Å². The largest absolute Gasteiger partial charge is 0.396 e. The van der Waals surface area contributed by atoms with Crippen LogP contribution in [-0.2, 0) is 6.54 Å². The van der Waals surface area contributed by atoms with Gasteiger partial charge in [-0.25, -0.2) is 0 Å². The van der Waals surface area contributed by atoms with E-state index in [4.69, 9.17) is 0 Å². The number of carbonyl (C=O) groups is 1. The van der Waals surface area contributed by atoms with Crippen LogP contribution < -0.4 is 5.32 Å². The molecule has 1 aliphatic rings. The first-order valence-corrected chi connectivity index (χ1v) is 8.53. The second-order valence-corrected chi connectivity index (χ2v) is 6.42. The van der Waals surface area contributed by atoms with E-state index in [9.17, 15) is 9.90 Å². The van der Waals surface area contributed by atoms with E-state index < -0.39 is 0 Å². The molecule has 3 rings (SSSR count). The highest BCUT2D eigenvalue weighted by Gasteiger charge is 2.18. The summed E-state index contributed by atoms with van der Waals surface area (Å²) < 4.78 is 0. The van der Waals surface area contributed by atoms with Crippen LogP contribution >= 0.6 is 0 Å². The van der Waals surface area contributed by atoms with Crippen LogP contribution in [0.2, 0.25) is 0 Å². The van der Waals surface area contributed by atoms with Crippen molar-refractivity contribution in [2.24, 2.45) is 5.92 Å². The fraction of sp³-hybridized carbons (Fsp3) is 0.350. The predicted octanol–water partition coefficient (Wildman–Crippen LogP) is 3.14. The van der Waals surface area contributed by atoms with Crippen molar-refractivity contribution in [3.8, 4) is 0 Å². The van der Waals surface area contributed by atoms with Gasteiger partial charge in [0.25, 0.3) is 5.91 Å². The Labute approximate surface area is 143 Å². The molecule has 1 fully saturated rings. The number of nitrogens with zero attached hydrogens (tertiary/aromatic N) is 1. The Kier molecular flexibility index (Phi) is 5.62. The smallest absolute Gasteiger partial charge is 0.255 e. The molecule has 0 aromatic heterocycles. The maximum atomic E-state index is 12.2. The third-order valence-corrected chi connectivity index (χ3v) is 4.62. The van der Waals surface area contributed by atoms with Crippen molar-refractivity contribution in [3.05, 3.63) is 65.7 Å². The standard InChI is InChI=1S/C20H24N2O2/c23-15-17-10-12-22(13-11-17)14-16-6-8-18(9-7-16)20(24)21-19-4-2-1-3-5-19/h1-9,17,23H,10-15H2,(H,21,24). The topological polar surface area (TPSA) is 52.6 Å². The van der Waals surface area contributed by atoms with Crippen molar-refractivity contribution in [2.75, 3.05) is 25.0 Å². The van der Waals surface area contributed by atoms with Gasteiger partial charge in [0.15, 0.2) is 0 Å². The van der Waals surface area contributed by atoms with Crippen LogP contribution in [0.3, 0.4) is 0 Å². The van der Waals surface area contributed by atoms with Gasteiger partial charge in [0.2, 0.25) is 0 Å². The van der Waals surface area contributed by atoms with Crippen molar-refractivity contribution >= 4 is 11.6 Å². The molecule has 1 saturated heterocycles. The van der Waals surface area contributed by atoms with Gasteiger partial charge in [-0.05, 0) is 61.7 Å². The summed E-state index contributed by atoms with van der Waals surface area (Å²) >= 11 is 0. The molecule has 4 nitrogen and oxygen atoms in total. The molecule has 126 valence electrons. The van der Waals surface area contributed by atoms with Crippen molar-refractivity contribution < 1.29 is 9.90 Å². The fourth-order valence-electron chi connectivity index (χ4n) is 3.07. The molecule has 0 radical (unpaired) electrons. The maximum Gasteiger partial charge on any atom is 0.255 e. The Morgan fingerprint density at radius 3 is 2.33 bits per heavy atom. The van der Waals surface area contributed by atoms with Crippen LogP contribution in [0.15, 0.2) is 54.6 Å². The van der Waals surface area contributed by atoms with Gasteiger partial charge in [0, 0.05) is 24.4 Å². The van der Waals surface area contributed by atoms with E-state index in [0.717, 1.165) is 38.2 Å². The maximum absolute atomic E-state index is 12.2. The van der Waals surface area contributed by atoms with Crippen molar-refractivity contribution in [3.63, 3.8) is 0 Å². The molecule has 0 aliphatic carbocycles. The van der Waals surface area contributed by atoms with Crippen molar-refractivity contribution in [1.29, 1.82) is 0 Å². The lowest BCUT2D eigenvalue weighted by Crippen LogP contribution is -2.34. The monoisotopic (exact) mass is 324 g/mol. The number of benzene rings is 2. The normalized spacial score (nSPS) is 16.0. The Morgan fingerprint density at radius 1 is 1.04 bits per heavy atom. The quantitative estimate of drug-likeness (QED) is 0.888. The van der Waals surface area contributed by atoms with Crippen molar-refractivity contribution in [1.82, 2.24) is 4.90 Å². The summed E-state index contributed by atoms with van der Waals surface area (Å²) in [6.45, 7) is 3.26. The van der Waals surface area contributed by atoms with E-state index in [1.165, 1.54) is 5.56 Å². The zero-order valence-electron chi connectivity index (χ0n) is 13.8. The minimum absolute atomic E-state index is 0.0866. The molecule has 0 unspecified atom stereocenters. The van der Waals surface area contributed by atoms with Gasteiger partial charge < -0.3 is 10.4 Å². The Hall–Kier alpha value is -2.17. The number of likely N-dealkylation sites (tertiary alicyclic amines) is 1. The third-order valence-electron chi connectivity index (χ3n) is 4.62. The van der Waals surface area contributed by atoms with E-state index in [1.807, 2.05) is 54.6 Å². The van der Waals surface area contributed by atoms with Crippen molar-refractivity contribution in [2.45, 2.75) is 19.4 Å². The second-order valence-electron chi connectivity index (χ2n) is 6.42. The van der Waals surface area contributed by atoms with Crippen LogP contribution in [0.25, 0.3) is 0 Å². The molecule has 0 atom stereocenters. The number of hydrogen-bond donors (Lipinski definition) is 2. The number of hydrogen-bond acceptors (Lipinski definition) is 3. The summed E-state index contributed by atoms with van der Waals surface area (Å²) in [5, 5.41) is 12.1. The van der Waals surface area contributed by atoms with E-state index in [1.54, 1.807) is 0 Å². The summed E-state index contributed by atoms with van der Waals surface area (Å²) in [6, 6.07) is 17.3. The van der Waals surface area contributed by atoms with Gasteiger partial charge in [-0.3, -0.25) is 9.69 Å². The van der Waals surface area contributed by atoms with Crippen LogP contribution in [0.4, 0.5) is 5.69 Å². The highest BCUT2D eigenvalue weighted by Crippen LogP contribution is 2.19. The first-order chi connectivity index (χ1) is 11.7. The molecule has 2 N–H and O–H groups in total. The predicted molar refractivity (Wildman–Crippen MR) is 95.9 cm³/mol. The second kappa shape index (κ2) is 8.08. The highest BCUT2D eigenvalue weighted by molar-refractivity contribution is 6.04. The summed E-state index contributed by atoms with van der Waals surface area (Å²) in [6.07, 6.45) is 2.13.